The normalized spacial score (nSPS) is 10.2. The van der Waals surface area contributed by atoms with Gasteiger partial charge in [0.05, 0.1) is 11.6 Å². The van der Waals surface area contributed by atoms with Crippen LogP contribution >= 0.6 is 11.6 Å². The zero-order valence-corrected chi connectivity index (χ0v) is 9.11. The van der Waals surface area contributed by atoms with E-state index in [0.717, 1.165) is 18.8 Å². The fraction of sp³-hybridized carbons (Fsp3) is 0.455. The molecule has 0 aliphatic rings. The average Bonchev–Trinajstić information content (AvgIpc) is 2.09. The summed E-state index contributed by atoms with van der Waals surface area (Å²) in [5.41, 5.74) is 2.42. The van der Waals surface area contributed by atoms with Gasteiger partial charge >= 0.3 is 0 Å². The van der Waals surface area contributed by atoms with Crippen molar-refractivity contribution in [2.24, 2.45) is 0 Å². The summed E-state index contributed by atoms with van der Waals surface area (Å²) in [6, 6.07) is 3.94. The van der Waals surface area contributed by atoms with Crippen LogP contribution in [0.25, 0.3) is 0 Å². The van der Waals surface area contributed by atoms with E-state index in [1.807, 2.05) is 19.1 Å². The molecule has 0 unspecified atom stereocenters. The minimum absolute atomic E-state index is 0.705. The fourth-order valence-electron chi connectivity index (χ4n) is 1.08. The van der Waals surface area contributed by atoms with Gasteiger partial charge in [0.25, 0.3) is 0 Å². The Balaban J connectivity index is 2.88. The maximum atomic E-state index is 6.01. The minimum atomic E-state index is 0.705. The van der Waals surface area contributed by atoms with Crippen molar-refractivity contribution in [1.82, 2.24) is 0 Å². The zero-order chi connectivity index (χ0) is 9.84. The van der Waals surface area contributed by atoms with E-state index in [4.69, 9.17) is 16.3 Å². The Hall–Kier alpha value is -0.690. The molecule has 0 fully saturated rings. The maximum absolute atomic E-state index is 6.01. The summed E-state index contributed by atoms with van der Waals surface area (Å²) in [5, 5.41) is 0.705. The largest absolute Gasteiger partial charge is 0.492 e. The quantitative estimate of drug-likeness (QED) is 0.719. The Labute approximate surface area is 84.7 Å². The van der Waals surface area contributed by atoms with Crippen LogP contribution in [-0.4, -0.2) is 6.61 Å². The van der Waals surface area contributed by atoms with Gasteiger partial charge in [-0.2, -0.15) is 0 Å². The molecule has 13 heavy (non-hydrogen) atoms. The van der Waals surface area contributed by atoms with Crippen molar-refractivity contribution in [3.8, 4) is 5.75 Å². The number of hydrogen-bond donors (Lipinski definition) is 0. The molecule has 1 rings (SSSR count). The van der Waals surface area contributed by atoms with Gasteiger partial charge in [0.1, 0.15) is 5.75 Å². The molecule has 72 valence electrons. The van der Waals surface area contributed by atoms with Crippen molar-refractivity contribution in [1.29, 1.82) is 0 Å². The summed E-state index contributed by atoms with van der Waals surface area (Å²) in [5.74, 6) is 0.798. The molecule has 1 nitrogen and oxygen atoms in total. The topological polar surface area (TPSA) is 9.23 Å². The number of halogens is 1. The molecule has 0 aliphatic heterocycles. The minimum Gasteiger partial charge on any atom is -0.492 e. The summed E-state index contributed by atoms with van der Waals surface area (Å²) in [4.78, 5) is 0. The Kier molecular flexibility index (Phi) is 3.61. The smallest absolute Gasteiger partial charge is 0.138 e. The number of aryl methyl sites for hydroxylation is 2. The van der Waals surface area contributed by atoms with Crippen molar-refractivity contribution in [3.63, 3.8) is 0 Å². The van der Waals surface area contributed by atoms with Gasteiger partial charge in [0.15, 0.2) is 0 Å². The van der Waals surface area contributed by atoms with Gasteiger partial charge in [-0.1, -0.05) is 18.5 Å². The van der Waals surface area contributed by atoms with Gasteiger partial charge in [0.2, 0.25) is 0 Å². The lowest BCUT2D eigenvalue weighted by Gasteiger charge is -2.09. The first kappa shape index (κ1) is 10.4. The van der Waals surface area contributed by atoms with Crippen LogP contribution in [-0.2, 0) is 0 Å². The first-order chi connectivity index (χ1) is 6.15. The van der Waals surface area contributed by atoms with Crippen molar-refractivity contribution in [3.05, 3.63) is 28.3 Å². The van der Waals surface area contributed by atoms with Crippen molar-refractivity contribution in [2.75, 3.05) is 6.61 Å². The lowest BCUT2D eigenvalue weighted by Crippen LogP contribution is -1.96. The molecule has 1 aromatic carbocycles. The van der Waals surface area contributed by atoms with Crippen LogP contribution in [0.1, 0.15) is 24.5 Å². The Morgan fingerprint density at radius 1 is 1.23 bits per heavy atom. The highest BCUT2D eigenvalue weighted by Gasteiger charge is 2.03. The number of benzene rings is 1. The highest BCUT2D eigenvalue weighted by Crippen LogP contribution is 2.27. The lowest BCUT2D eigenvalue weighted by atomic mass is 10.1. The molecule has 0 spiro atoms. The molecule has 0 saturated heterocycles. The standard InChI is InChI=1S/C11H15ClO/c1-4-5-13-11-7-9(3)8(2)6-10(11)12/h6-7H,4-5H2,1-3H3. The van der Waals surface area contributed by atoms with Gasteiger partial charge in [-0.25, -0.2) is 0 Å². The van der Waals surface area contributed by atoms with E-state index >= 15 is 0 Å². The molecule has 0 aromatic heterocycles. The van der Waals surface area contributed by atoms with E-state index < -0.39 is 0 Å². The summed E-state index contributed by atoms with van der Waals surface area (Å²) in [6.45, 7) is 6.91. The van der Waals surface area contributed by atoms with E-state index in [0.29, 0.717) is 5.02 Å². The highest BCUT2D eigenvalue weighted by atomic mass is 35.5. The number of rotatable bonds is 3. The summed E-state index contributed by atoms with van der Waals surface area (Å²) in [7, 11) is 0. The molecule has 0 radical (unpaired) electrons. The van der Waals surface area contributed by atoms with Crippen molar-refractivity contribution >= 4 is 11.6 Å². The Bertz CT molecular complexity index is 294. The predicted molar refractivity (Wildman–Crippen MR) is 56.7 cm³/mol. The Morgan fingerprint density at radius 2 is 1.85 bits per heavy atom. The molecular formula is C11H15ClO. The first-order valence-corrected chi connectivity index (χ1v) is 4.92. The SMILES string of the molecule is CCCOc1cc(C)c(C)cc1Cl. The van der Waals surface area contributed by atoms with Crippen LogP contribution < -0.4 is 4.74 Å². The van der Waals surface area contributed by atoms with Crippen LogP contribution in [0.5, 0.6) is 5.75 Å². The third-order valence-corrected chi connectivity index (χ3v) is 2.31. The Morgan fingerprint density at radius 3 is 2.46 bits per heavy atom. The molecular weight excluding hydrogens is 184 g/mol. The number of hydrogen-bond acceptors (Lipinski definition) is 1. The van der Waals surface area contributed by atoms with Crippen LogP contribution in [0.4, 0.5) is 0 Å². The van der Waals surface area contributed by atoms with Gasteiger partial charge in [-0.3, -0.25) is 0 Å². The van der Waals surface area contributed by atoms with Gasteiger partial charge in [-0.15, -0.1) is 0 Å². The fourth-order valence-corrected chi connectivity index (χ4v) is 1.35. The third-order valence-electron chi connectivity index (χ3n) is 2.01. The maximum Gasteiger partial charge on any atom is 0.138 e. The van der Waals surface area contributed by atoms with Crippen LogP contribution in [0.2, 0.25) is 5.02 Å². The summed E-state index contributed by atoms with van der Waals surface area (Å²) < 4.78 is 5.49. The first-order valence-electron chi connectivity index (χ1n) is 4.54. The van der Waals surface area contributed by atoms with Crippen LogP contribution in [0.3, 0.4) is 0 Å². The van der Waals surface area contributed by atoms with E-state index in [-0.39, 0.29) is 0 Å². The van der Waals surface area contributed by atoms with Gasteiger partial charge in [-0.05, 0) is 43.5 Å². The molecule has 2 heteroatoms. The molecule has 0 saturated carbocycles. The number of ether oxygens (including phenoxy) is 1. The van der Waals surface area contributed by atoms with Crippen LogP contribution in [0.15, 0.2) is 12.1 Å². The summed E-state index contributed by atoms with van der Waals surface area (Å²) >= 11 is 6.01. The monoisotopic (exact) mass is 198 g/mol. The zero-order valence-electron chi connectivity index (χ0n) is 8.36. The second kappa shape index (κ2) is 4.52. The molecule has 0 aliphatic carbocycles. The van der Waals surface area contributed by atoms with E-state index in [2.05, 4.69) is 13.8 Å². The van der Waals surface area contributed by atoms with Crippen molar-refractivity contribution < 1.29 is 4.74 Å². The second-order valence-electron chi connectivity index (χ2n) is 3.22. The second-order valence-corrected chi connectivity index (χ2v) is 3.62. The average molecular weight is 199 g/mol. The van der Waals surface area contributed by atoms with E-state index in [1.165, 1.54) is 11.1 Å². The van der Waals surface area contributed by atoms with E-state index in [1.54, 1.807) is 0 Å². The molecule has 1 aromatic rings. The molecule has 0 bridgehead atoms. The lowest BCUT2D eigenvalue weighted by molar-refractivity contribution is 0.317. The third kappa shape index (κ3) is 2.63. The van der Waals surface area contributed by atoms with Crippen LogP contribution in [0, 0.1) is 13.8 Å². The van der Waals surface area contributed by atoms with E-state index in [9.17, 15) is 0 Å². The van der Waals surface area contributed by atoms with Crippen molar-refractivity contribution in [2.45, 2.75) is 27.2 Å². The summed E-state index contributed by atoms with van der Waals surface area (Å²) in [6.07, 6.45) is 1.00. The predicted octanol–water partition coefficient (Wildman–Crippen LogP) is 3.75. The molecule has 0 N–H and O–H groups in total. The highest BCUT2D eigenvalue weighted by molar-refractivity contribution is 6.32. The van der Waals surface area contributed by atoms with Gasteiger partial charge < -0.3 is 4.74 Å². The molecule has 0 heterocycles. The molecule has 0 atom stereocenters. The molecule has 0 amide bonds. The van der Waals surface area contributed by atoms with Gasteiger partial charge in [0, 0.05) is 0 Å².